The number of aromatic nitrogens is 2. The van der Waals surface area contributed by atoms with Gasteiger partial charge in [0.2, 0.25) is 5.28 Å². The number of rotatable bonds is 14. The predicted octanol–water partition coefficient (Wildman–Crippen LogP) is 5.74. The summed E-state index contributed by atoms with van der Waals surface area (Å²) in [6.45, 7) is 9.87. The van der Waals surface area contributed by atoms with Crippen molar-refractivity contribution in [3.63, 3.8) is 0 Å². The van der Waals surface area contributed by atoms with Crippen LogP contribution in [0, 0.1) is 0 Å². The van der Waals surface area contributed by atoms with Crippen LogP contribution in [0.2, 0.25) is 5.28 Å². The number of hydrogen-bond acceptors (Lipinski definition) is 5. The highest BCUT2D eigenvalue weighted by atomic mass is 35.5. The molecule has 0 fully saturated rings. The molecule has 0 amide bonds. The Kier molecular flexibility index (Phi) is 9.24. The van der Waals surface area contributed by atoms with Crippen molar-refractivity contribution in [3.8, 4) is 0 Å². The molecule has 1 aliphatic heterocycles. The molecule has 2 aromatic rings. The van der Waals surface area contributed by atoms with Crippen molar-refractivity contribution in [2.24, 2.45) is 9.98 Å². The number of aromatic amines is 1. The van der Waals surface area contributed by atoms with Crippen molar-refractivity contribution < 1.29 is 4.39 Å². The first-order valence-electron chi connectivity index (χ1n) is 11.3. The second-order valence-electron chi connectivity index (χ2n) is 7.98. The number of alkyl halides is 1. The summed E-state index contributed by atoms with van der Waals surface area (Å²) in [5.41, 5.74) is 3.72. The molecule has 0 saturated heterocycles. The molecule has 176 valence electrons. The van der Waals surface area contributed by atoms with Crippen LogP contribution >= 0.6 is 11.6 Å². The molecule has 6 nitrogen and oxygen atoms in total. The number of H-pyrrole nitrogens is 1. The molecule has 0 atom stereocenters. The highest BCUT2D eigenvalue weighted by Gasteiger charge is 2.19. The number of unbranched alkanes of at least 4 members (excludes halogenated alkanes) is 2. The molecule has 33 heavy (non-hydrogen) atoms. The minimum Gasteiger partial charge on any atom is -0.373 e. The van der Waals surface area contributed by atoms with Gasteiger partial charge in [0.1, 0.15) is 11.5 Å². The summed E-state index contributed by atoms with van der Waals surface area (Å²) in [5.74, 6) is 1.58. The summed E-state index contributed by atoms with van der Waals surface area (Å²) in [4.78, 5) is 20.7. The van der Waals surface area contributed by atoms with Gasteiger partial charge < -0.3 is 14.8 Å². The summed E-state index contributed by atoms with van der Waals surface area (Å²) < 4.78 is 12.5. The first kappa shape index (κ1) is 24.7. The summed E-state index contributed by atoms with van der Waals surface area (Å²) >= 11 is 6.16. The standard InChI is InChI=1S/C25H32ClFN6/c1-4-33(17-11-9-15-27)24-23(30-25(26)31-24)19(2)32(3)16-10-8-14-22-28-18-21(29-22)20-12-6-5-7-13-20/h4-7,12-13H,1-2,8-11,14-18H2,3H3,(H,30,31). The molecule has 1 aromatic heterocycles. The first-order valence-corrected chi connectivity index (χ1v) is 11.7. The molecule has 2 heterocycles. The van der Waals surface area contributed by atoms with Crippen LogP contribution in [-0.4, -0.2) is 59.8 Å². The maximum absolute atomic E-state index is 12.5. The molecule has 0 radical (unpaired) electrons. The van der Waals surface area contributed by atoms with Crippen molar-refractivity contribution in [3.05, 3.63) is 66.2 Å². The SMILES string of the molecule is C=CN(CCCCF)c1nc(Cl)[nH]c1C(=C)N(C)CCCCC1=NCC(c2ccccc2)=N1. The number of imidazole rings is 1. The molecule has 0 unspecified atom stereocenters. The van der Waals surface area contributed by atoms with Crippen molar-refractivity contribution >= 4 is 34.7 Å². The Morgan fingerprint density at radius 2 is 1.94 bits per heavy atom. The fraction of sp³-hybridized carbons (Fsp3) is 0.400. The molecule has 1 N–H and O–H groups in total. The van der Waals surface area contributed by atoms with Crippen LogP contribution in [0.25, 0.3) is 5.70 Å². The lowest BCUT2D eigenvalue weighted by Gasteiger charge is -2.24. The Morgan fingerprint density at radius 3 is 2.67 bits per heavy atom. The number of aliphatic imine (C=N–C) groups is 2. The fourth-order valence-corrected chi connectivity index (χ4v) is 3.85. The van der Waals surface area contributed by atoms with Crippen LogP contribution in [0.5, 0.6) is 0 Å². The lowest BCUT2D eigenvalue weighted by Crippen LogP contribution is -2.22. The van der Waals surface area contributed by atoms with E-state index >= 15 is 0 Å². The Bertz CT molecular complexity index is 998. The zero-order valence-corrected chi connectivity index (χ0v) is 20.0. The van der Waals surface area contributed by atoms with Gasteiger partial charge in [-0.1, -0.05) is 43.5 Å². The lowest BCUT2D eigenvalue weighted by atomic mass is 10.1. The van der Waals surface area contributed by atoms with E-state index in [1.165, 1.54) is 0 Å². The quantitative estimate of drug-likeness (QED) is 0.358. The van der Waals surface area contributed by atoms with E-state index in [2.05, 4.69) is 45.2 Å². The molecule has 1 aliphatic rings. The maximum Gasteiger partial charge on any atom is 0.202 e. The minimum atomic E-state index is -0.333. The molecule has 0 spiro atoms. The van der Waals surface area contributed by atoms with Gasteiger partial charge in [-0.2, -0.15) is 4.98 Å². The molecular formula is C25H32ClFN6. The second-order valence-corrected chi connectivity index (χ2v) is 8.34. The predicted molar refractivity (Wildman–Crippen MR) is 137 cm³/mol. The van der Waals surface area contributed by atoms with Gasteiger partial charge in [0.05, 0.1) is 24.6 Å². The number of amidine groups is 1. The van der Waals surface area contributed by atoms with Gasteiger partial charge in [0.25, 0.3) is 0 Å². The summed E-state index contributed by atoms with van der Waals surface area (Å²) in [6, 6.07) is 10.2. The molecule has 0 bridgehead atoms. The van der Waals surface area contributed by atoms with Gasteiger partial charge in [-0.15, -0.1) is 0 Å². The zero-order valence-electron chi connectivity index (χ0n) is 19.2. The van der Waals surface area contributed by atoms with Crippen molar-refractivity contribution in [1.82, 2.24) is 14.9 Å². The largest absolute Gasteiger partial charge is 0.373 e. The third-order valence-corrected chi connectivity index (χ3v) is 5.79. The van der Waals surface area contributed by atoms with E-state index < -0.39 is 0 Å². The fourth-order valence-electron chi connectivity index (χ4n) is 3.68. The normalized spacial score (nSPS) is 12.9. The molecule has 8 heteroatoms. The summed E-state index contributed by atoms with van der Waals surface area (Å²) in [6.07, 6.45) is 5.71. The average molecular weight is 471 g/mol. The van der Waals surface area contributed by atoms with Gasteiger partial charge in [0, 0.05) is 26.6 Å². The first-order chi connectivity index (χ1) is 16.0. The average Bonchev–Trinajstić information content (AvgIpc) is 3.46. The Labute approximate surface area is 200 Å². The van der Waals surface area contributed by atoms with E-state index in [0.717, 1.165) is 54.3 Å². The van der Waals surface area contributed by atoms with Gasteiger partial charge in [-0.3, -0.25) is 9.38 Å². The second kappa shape index (κ2) is 12.3. The van der Waals surface area contributed by atoms with Crippen molar-refractivity contribution in [2.45, 2.75) is 32.1 Å². The van der Waals surface area contributed by atoms with E-state index in [1.54, 1.807) is 6.20 Å². The molecule has 0 saturated carbocycles. The minimum absolute atomic E-state index is 0.290. The Morgan fingerprint density at radius 1 is 1.18 bits per heavy atom. The number of nitrogens with one attached hydrogen (secondary N) is 1. The molecule has 1 aromatic carbocycles. The Balaban J connectivity index is 1.50. The van der Waals surface area contributed by atoms with Gasteiger partial charge in [-0.05, 0) is 49.0 Å². The van der Waals surface area contributed by atoms with Crippen molar-refractivity contribution in [1.29, 1.82) is 0 Å². The topological polar surface area (TPSA) is 59.9 Å². The van der Waals surface area contributed by atoms with Crippen LogP contribution in [-0.2, 0) is 0 Å². The molecule has 0 aliphatic carbocycles. The summed E-state index contributed by atoms with van der Waals surface area (Å²) in [7, 11) is 2.00. The van der Waals surface area contributed by atoms with Crippen LogP contribution in [0.4, 0.5) is 10.2 Å². The lowest BCUT2D eigenvalue weighted by molar-refractivity contribution is 0.458. The third-order valence-electron chi connectivity index (χ3n) is 5.61. The number of anilines is 1. The third kappa shape index (κ3) is 6.78. The van der Waals surface area contributed by atoms with Crippen molar-refractivity contribution in [2.75, 3.05) is 38.3 Å². The zero-order chi connectivity index (χ0) is 23.6. The van der Waals surface area contributed by atoms with E-state index in [9.17, 15) is 4.39 Å². The van der Waals surface area contributed by atoms with Crippen LogP contribution in [0.3, 0.4) is 0 Å². The number of hydrogen-bond donors (Lipinski definition) is 1. The number of benzene rings is 1. The molecule has 3 rings (SSSR count). The number of halogens is 2. The summed E-state index contributed by atoms with van der Waals surface area (Å²) in [5, 5.41) is 0.290. The monoisotopic (exact) mass is 470 g/mol. The Hall–Kier alpha value is -2.93. The van der Waals surface area contributed by atoms with Gasteiger partial charge >= 0.3 is 0 Å². The highest BCUT2D eigenvalue weighted by Crippen LogP contribution is 2.28. The van der Waals surface area contributed by atoms with E-state index in [0.29, 0.717) is 37.0 Å². The van der Waals surface area contributed by atoms with Gasteiger partial charge in [0.15, 0.2) is 5.82 Å². The van der Waals surface area contributed by atoms with Crippen LogP contribution in [0.15, 0.2) is 59.7 Å². The van der Waals surface area contributed by atoms with Crippen LogP contribution in [0.1, 0.15) is 43.4 Å². The van der Waals surface area contributed by atoms with E-state index in [1.807, 2.05) is 30.1 Å². The highest BCUT2D eigenvalue weighted by molar-refractivity contribution is 6.28. The molecular weight excluding hydrogens is 439 g/mol. The van der Waals surface area contributed by atoms with E-state index in [4.69, 9.17) is 16.6 Å². The number of nitrogens with zero attached hydrogens (tertiary/aromatic N) is 5. The maximum atomic E-state index is 12.5. The van der Waals surface area contributed by atoms with Crippen LogP contribution < -0.4 is 4.90 Å². The smallest absolute Gasteiger partial charge is 0.202 e. The van der Waals surface area contributed by atoms with E-state index in [-0.39, 0.29) is 6.67 Å². The van der Waals surface area contributed by atoms with Gasteiger partial charge in [-0.25, -0.2) is 4.99 Å².